The molecule has 4 aromatic rings. The van der Waals surface area contributed by atoms with Crippen LogP contribution in [0.4, 0.5) is 5.69 Å². The van der Waals surface area contributed by atoms with E-state index in [-0.39, 0.29) is 35.6 Å². The van der Waals surface area contributed by atoms with Gasteiger partial charge < -0.3 is 24.4 Å². The van der Waals surface area contributed by atoms with Crippen molar-refractivity contribution in [2.75, 3.05) is 32.2 Å². The quantitative estimate of drug-likeness (QED) is 0.156. The summed E-state index contributed by atoms with van der Waals surface area (Å²) in [5.74, 6) is 0.387. The molecule has 0 saturated heterocycles. The molecule has 0 unspecified atom stereocenters. The van der Waals surface area contributed by atoms with Gasteiger partial charge in [-0.3, -0.25) is 13.9 Å². The van der Waals surface area contributed by atoms with Crippen molar-refractivity contribution in [1.29, 1.82) is 0 Å². The fourth-order valence-electron chi connectivity index (χ4n) is 6.62. The number of methoxy groups -OCH3 is 3. The molecule has 0 aliphatic heterocycles. The minimum atomic E-state index is -4.35. The van der Waals surface area contributed by atoms with Gasteiger partial charge in [-0.25, -0.2) is 8.42 Å². The van der Waals surface area contributed by atoms with Crippen LogP contribution in [0.5, 0.6) is 17.2 Å². The van der Waals surface area contributed by atoms with E-state index in [4.69, 9.17) is 14.2 Å². The fourth-order valence-corrected chi connectivity index (χ4v) is 8.03. The Kier molecular flexibility index (Phi) is 12.3. The van der Waals surface area contributed by atoms with Crippen LogP contribution in [-0.4, -0.2) is 65.1 Å². The molecular weight excluding hydrogens is 667 g/mol. The van der Waals surface area contributed by atoms with Crippen molar-refractivity contribution in [3.63, 3.8) is 0 Å². The lowest BCUT2D eigenvalue weighted by molar-refractivity contribution is -0.140. The van der Waals surface area contributed by atoms with Crippen LogP contribution in [0.25, 0.3) is 0 Å². The molecule has 1 saturated carbocycles. The summed E-state index contributed by atoms with van der Waals surface area (Å²) in [6, 6.07) is 25.7. The molecule has 0 bridgehead atoms. The smallest absolute Gasteiger partial charge is 0.264 e. The van der Waals surface area contributed by atoms with Gasteiger partial charge in [0, 0.05) is 25.1 Å². The lowest BCUT2D eigenvalue weighted by atomic mass is 10.0. The normalized spacial score (nSPS) is 13.7. The van der Waals surface area contributed by atoms with E-state index >= 15 is 0 Å². The topological polar surface area (TPSA) is 114 Å². The zero-order valence-electron chi connectivity index (χ0n) is 29.9. The van der Waals surface area contributed by atoms with Gasteiger partial charge in [-0.05, 0) is 85.3 Å². The average molecular weight is 714 g/mol. The molecule has 51 heavy (non-hydrogen) atoms. The maximum Gasteiger partial charge on any atom is 0.264 e. The van der Waals surface area contributed by atoms with Gasteiger partial charge in [0.1, 0.15) is 18.3 Å². The number of nitrogens with zero attached hydrogens (tertiary/aromatic N) is 2. The Hall–Kier alpha value is -5.03. The lowest BCUT2D eigenvalue weighted by Gasteiger charge is -2.34. The van der Waals surface area contributed by atoms with Gasteiger partial charge in [0.05, 0.1) is 31.9 Å². The van der Waals surface area contributed by atoms with E-state index in [9.17, 15) is 18.0 Å². The zero-order chi connectivity index (χ0) is 36.5. The number of aryl methyl sites for hydroxylation is 2. The van der Waals surface area contributed by atoms with Crippen molar-refractivity contribution in [3.05, 3.63) is 113 Å². The fraction of sp³-hybridized carbons (Fsp3) is 0.350. The summed E-state index contributed by atoms with van der Waals surface area (Å²) in [5.41, 5.74) is 3.59. The van der Waals surface area contributed by atoms with Crippen molar-refractivity contribution in [2.24, 2.45) is 0 Å². The van der Waals surface area contributed by atoms with Crippen LogP contribution in [0, 0.1) is 13.8 Å². The number of rotatable bonds is 15. The second-order valence-corrected chi connectivity index (χ2v) is 14.8. The van der Waals surface area contributed by atoms with Crippen LogP contribution in [0.3, 0.4) is 0 Å². The Balaban J connectivity index is 1.61. The summed E-state index contributed by atoms with van der Waals surface area (Å²) in [6.45, 7) is 3.23. The van der Waals surface area contributed by atoms with Gasteiger partial charge in [0.2, 0.25) is 11.8 Å². The number of sulfonamides is 1. The molecule has 1 aliphatic rings. The maximum absolute atomic E-state index is 14.9. The molecule has 1 N–H and O–H groups in total. The highest BCUT2D eigenvalue weighted by Gasteiger charge is 2.36. The summed E-state index contributed by atoms with van der Waals surface area (Å²) in [7, 11) is 0.115. The molecule has 0 spiro atoms. The third-order valence-corrected chi connectivity index (χ3v) is 10.9. The van der Waals surface area contributed by atoms with Crippen LogP contribution >= 0.6 is 0 Å². The van der Waals surface area contributed by atoms with Crippen molar-refractivity contribution in [1.82, 2.24) is 10.2 Å². The van der Waals surface area contributed by atoms with Crippen molar-refractivity contribution >= 4 is 27.5 Å². The third-order valence-electron chi connectivity index (χ3n) is 9.18. The van der Waals surface area contributed by atoms with Crippen LogP contribution < -0.4 is 23.8 Å². The number of ether oxygens (including phenoxy) is 3. The molecule has 0 heterocycles. The first-order valence-electron chi connectivity index (χ1n) is 17.1. The van der Waals surface area contributed by atoms with E-state index in [0.29, 0.717) is 17.2 Å². The first-order valence-corrected chi connectivity index (χ1v) is 18.6. The minimum Gasteiger partial charge on any atom is -0.497 e. The van der Waals surface area contributed by atoms with Crippen LogP contribution in [0.15, 0.2) is 95.9 Å². The summed E-state index contributed by atoms with van der Waals surface area (Å²) < 4.78 is 46.6. The number of hydrogen-bond acceptors (Lipinski definition) is 7. The van der Waals surface area contributed by atoms with Gasteiger partial charge in [-0.15, -0.1) is 0 Å². The molecule has 5 rings (SSSR count). The number of amides is 2. The molecule has 2 amide bonds. The molecule has 270 valence electrons. The van der Waals surface area contributed by atoms with Gasteiger partial charge >= 0.3 is 0 Å². The number of anilines is 1. The SMILES string of the molecule is COc1cccc(CN(C(=O)CN(c2cc(C)cc(C)c2)S(=O)(=O)c2ccc(OC)c(OC)c2)[C@@H](Cc2ccccc2)C(=O)NC2CCCC2)c1. The highest BCUT2D eigenvalue weighted by Crippen LogP contribution is 2.33. The van der Waals surface area contributed by atoms with Crippen LogP contribution in [-0.2, 0) is 32.6 Å². The standard InChI is InChI=1S/C40H47N3O7S/c1-28-20-29(2)22-33(21-28)43(51(46,47)35-18-19-37(49-4)38(25-35)50-5)27-39(44)42(26-31-14-11-17-34(23-31)48-3)36(24-30-12-7-6-8-13-30)40(45)41-32-15-9-10-16-32/h6-8,11-14,17-23,25,32,36H,9-10,15-16,24,26-27H2,1-5H3,(H,41,45)/t36-/m0/s1. The molecule has 1 fully saturated rings. The van der Waals surface area contributed by atoms with Crippen molar-refractivity contribution in [2.45, 2.75) is 69.5 Å². The molecule has 4 aromatic carbocycles. The Morgan fingerprint density at radius 3 is 2.10 bits per heavy atom. The average Bonchev–Trinajstić information content (AvgIpc) is 3.64. The molecule has 1 atom stereocenters. The van der Waals surface area contributed by atoms with E-state index in [1.807, 2.05) is 68.4 Å². The van der Waals surface area contributed by atoms with E-state index in [1.165, 1.54) is 37.3 Å². The lowest BCUT2D eigenvalue weighted by Crippen LogP contribution is -2.54. The third kappa shape index (κ3) is 9.21. The summed E-state index contributed by atoms with van der Waals surface area (Å²) >= 11 is 0. The first kappa shape index (κ1) is 37.2. The molecule has 11 heteroatoms. The van der Waals surface area contributed by atoms with Gasteiger partial charge in [0.15, 0.2) is 11.5 Å². The Morgan fingerprint density at radius 1 is 0.784 bits per heavy atom. The summed E-state index contributed by atoms with van der Waals surface area (Å²) in [5, 5.41) is 3.21. The van der Waals surface area contributed by atoms with Crippen molar-refractivity contribution < 1.29 is 32.2 Å². The number of carbonyl (C=O) groups is 2. The van der Waals surface area contributed by atoms with Gasteiger partial charge in [0.25, 0.3) is 10.0 Å². The van der Waals surface area contributed by atoms with E-state index in [1.54, 1.807) is 25.3 Å². The molecule has 1 aliphatic carbocycles. The monoisotopic (exact) mass is 713 g/mol. The van der Waals surface area contributed by atoms with E-state index in [2.05, 4.69) is 5.32 Å². The molecule has 10 nitrogen and oxygen atoms in total. The predicted molar refractivity (Wildman–Crippen MR) is 198 cm³/mol. The van der Waals surface area contributed by atoms with Crippen molar-refractivity contribution in [3.8, 4) is 17.2 Å². The Labute approximate surface area is 301 Å². The van der Waals surface area contributed by atoms with Gasteiger partial charge in [-0.2, -0.15) is 0 Å². The summed E-state index contributed by atoms with van der Waals surface area (Å²) in [6.07, 6.45) is 4.04. The number of benzene rings is 4. The van der Waals surface area contributed by atoms with E-state index in [0.717, 1.165) is 52.2 Å². The second kappa shape index (κ2) is 16.8. The maximum atomic E-state index is 14.9. The number of hydrogen-bond donors (Lipinski definition) is 1. The Bertz CT molecular complexity index is 1910. The number of carbonyl (C=O) groups excluding carboxylic acids is 2. The van der Waals surface area contributed by atoms with Gasteiger partial charge in [-0.1, -0.05) is 61.4 Å². The largest absolute Gasteiger partial charge is 0.497 e. The summed E-state index contributed by atoms with van der Waals surface area (Å²) in [4.78, 5) is 30.6. The Morgan fingerprint density at radius 2 is 1.45 bits per heavy atom. The predicted octanol–water partition coefficient (Wildman–Crippen LogP) is 6.22. The van der Waals surface area contributed by atoms with E-state index < -0.39 is 28.5 Å². The highest BCUT2D eigenvalue weighted by molar-refractivity contribution is 7.92. The zero-order valence-corrected chi connectivity index (χ0v) is 30.7. The molecular formula is C40H47N3O7S. The van der Waals surface area contributed by atoms with Crippen LogP contribution in [0.2, 0.25) is 0 Å². The highest BCUT2D eigenvalue weighted by atomic mass is 32.2. The molecule has 0 radical (unpaired) electrons. The number of nitrogens with one attached hydrogen (secondary N) is 1. The first-order chi connectivity index (χ1) is 24.5. The molecule has 0 aromatic heterocycles. The van der Waals surface area contributed by atoms with Crippen LogP contribution in [0.1, 0.15) is 47.9 Å². The minimum absolute atomic E-state index is 0.0155. The second-order valence-electron chi connectivity index (χ2n) is 12.9.